The van der Waals surface area contributed by atoms with Crippen LogP contribution in [0.3, 0.4) is 0 Å². The minimum atomic E-state index is 1.09. The molecule has 0 N–H and O–H groups in total. The van der Waals surface area contributed by atoms with E-state index in [1.54, 1.807) is 0 Å². The highest BCUT2D eigenvalue weighted by atomic mass is 13.9. The summed E-state index contributed by atoms with van der Waals surface area (Å²) in [5.41, 5.74) is 2.57. The summed E-state index contributed by atoms with van der Waals surface area (Å²) in [6.45, 7) is 7.39. The molecule has 0 fully saturated rings. The highest BCUT2D eigenvalue weighted by molar-refractivity contribution is 4.81. The third kappa shape index (κ3) is 13.3. The van der Waals surface area contributed by atoms with Gasteiger partial charge in [-0.15, -0.1) is 5.73 Å². The van der Waals surface area contributed by atoms with E-state index in [0.717, 1.165) is 6.42 Å². The molecular formula is C16H27. The Balaban J connectivity index is 3.03. The molecule has 0 rings (SSSR count). The molecule has 0 atom stereocenters. The molecule has 0 amide bonds. The Morgan fingerprint density at radius 3 is 2.00 bits per heavy atom. The van der Waals surface area contributed by atoms with Crippen molar-refractivity contribution in [1.29, 1.82) is 0 Å². The van der Waals surface area contributed by atoms with Gasteiger partial charge < -0.3 is 0 Å². The van der Waals surface area contributed by atoms with Crippen LogP contribution in [0.4, 0.5) is 0 Å². The molecule has 0 aliphatic rings. The largest absolute Gasteiger partial charge is 0.125 e. The van der Waals surface area contributed by atoms with Gasteiger partial charge in [0.2, 0.25) is 0 Å². The fourth-order valence-corrected chi connectivity index (χ4v) is 1.68. The molecule has 0 unspecified atom stereocenters. The summed E-state index contributed by atoms with van der Waals surface area (Å²) in [5.74, 6) is 0. The van der Waals surface area contributed by atoms with Crippen molar-refractivity contribution < 1.29 is 0 Å². The molecule has 0 bridgehead atoms. The van der Waals surface area contributed by atoms with Crippen molar-refractivity contribution in [3.63, 3.8) is 0 Å². The van der Waals surface area contributed by atoms with Crippen molar-refractivity contribution in [2.75, 3.05) is 0 Å². The Hall–Kier alpha value is -0.740. The summed E-state index contributed by atoms with van der Waals surface area (Å²) in [6.07, 6.45) is 19.5. The highest BCUT2D eigenvalue weighted by Gasteiger charge is 1.88. The van der Waals surface area contributed by atoms with Crippen molar-refractivity contribution in [3.05, 3.63) is 30.5 Å². The minimum Gasteiger partial charge on any atom is -0.125 e. The Morgan fingerprint density at radius 2 is 1.38 bits per heavy atom. The van der Waals surface area contributed by atoms with E-state index in [1.165, 1.54) is 57.8 Å². The molecule has 0 heterocycles. The monoisotopic (exact) mass is 219 g/mol. The molecule has 0 saturated heterocycles. The second-order valence-electron chi connectivity index (χ2n) is 4.33. The highest BCUT2D eigenvalue weighted by Crippen LogP contribution is 2.08. The van der Waals surface area contributed by atoms with Gasteiger partial charge in [-0.05, 0) is 44.8 Å². The molecule has 0 aliphatic carbocycles. The van der Waals surface area contributed by atoms with Gasteiger partial charge in [0.05, 0.1) is 0 Å². The van der Waals surface area contributed by atoms with Gasteiger partial charge in [-0.25, -0.2) is 0 Å². The standard InChI is InChI=1S/C16H27/c1-3-5-7-9-11-13-15-16-14-12-10-8-6-4-2/h1,5,10,12H,4,6-9,11,13-16H2,2H3. The van der Waals surface area contributed by atoms with Crippen LogP contribution in [0.15, 0.2) is 24.0 Å². The lowest BCUT2D eigenvalue weighted by molar-refractivity contribution is 0.621. The predicted molar refractivity (Wildman–Crippen MR) is 73.4 cm³/mol. The van der Waals surface area contributed by atoms with Gasteiger partial charge in [0.1, 0.15) is 0 Å². The first-order valence-corrected chi connectivity index (χ1v) is 6.84. The minimum absolute atomic E-state index is 1.09. The molecule has 0 aromatic heterocycles. The van der Waals surface area contributed by atoms with Crippen LogP contribution in [0.25, 0.3) is 0 Å². The number of unbranched alkanes of at least 4 members (excludes halogenated alkanes) is 8. The van der Waals surface area contributed by atoms with E-state index in [2.05, 4.69) is 24.8 Å². The van der Waals surface area contributed by atoms with Gasteiger partial charge >= 0.3 is 0 Å². The first-order valence-electron chi connectivity index (χ1n) is 6.84. The molecule has 0 nitrogen and oxygen atoms in total. The van der Waals surface area contributed by atoms with Gasteiger partial charge in [0.15, 0.2) is 0 Å². The topological polar surface area (TPSA) is 0 Å². The lowest BCUT2D eigenvalue weighted by Gasteiger charge is -1.97. The first kappa shape index (κ1) is 15.3. The molecular weight excluding hydrogens is 192 g/mol. The maximum absolute atomic E-state index is 5.15. The Morgan fingerprint density at radius 1 is 0.812 bits per heavy atom. The fraction of sp³-hybridized carbons (Fsp3) is 0.688. The van der Waals surface area contributed by atoms with E-state index in [4.69, 9.17) is 6.58 Å². The van der Waals surface area contributed by atoms with Crippen LogP contribution in [-0.2, 0) is 0 Å². The molecule has 16 heavy (non-hydrogen) atoms. The van der Waals surface area contributed by atoms with Crippen LogP contribution < -0.4 is 0 Å². The van der Waals surface area contributed by atoms with Gasteiger partial charge in [-0.2, -0.15) is 0 Å². The average molecular weight is 219 g/mol. The molecule has 1 radical (unpaired) electrons. The van der Waals surface area contributed by atoms with Crippen LogP contribution in [0.2, 0.25) is 0 Å². The molecule has 0 aromatic rings. The van der Waals surface area contributed by atoms with E-state index in [1.807, 2.05) is 6.08 Å². The lowest BCUT2D eigenvalue weighted by Crippen LogP contribution is -1.78. The quantitative estimate of drug-likeness (QED) is 0.241. The maximum Gasteiger partial charge on any atom is -0.0126 e. The SMILES string of the molecule is [CH]=C=CCCCCCCCC=CCCCC. The van der Waals surface area contributed by atoms with Gasteiger partial charge in [0.25, 0.3) is 0 Å². The Kier molecular flexibility index (Phi) is 13.6. The van der Waals surface area contributed by atoms with Crippen LogP contribution >= 0.6 is 0 Å². The lowest BCUT2D eigenvalue weighted by atomic mass is 10.1. The number of hydrogen-bond donors (Lipinski definition) is 0. The predicted octanol–water partition coefficient (Wildman–Crippen LogP) is 5.61. The molecule has 0 spiro atoms. The zero-order valence-corrected chi connectivity index (χ0v) is 10.9. The molecule has 91 valence electrons. The van der Waals surface area contributed by atoms with E-state index in [0.29, 0.717) is 0 Å². The van der Waals surface area contributed by atoms with Crippen molar-refractivity contribution in [2.45, 2.75) is 71.1 Å². The van der Waals surface area contributed by atoms with Crippen molar-refractivity contribution in [1.82, 2.24) is 0 Å². The number of hydrogen-bond acceptors (Lipinski definition) is 0. The van der Waals surface area contributed by atoms with Crippen LogP contribution in [0, 0.1) is 6.58 Å². The summed E-state index contributed by atoms with van der Waals surface area (Å²) in [5, 5.41) is 0. The summed E-state index contributed by atoms with van der Waals surface area (Å²) >= 11 is 0. The van der Waals surface area contributed by atoms with E-state index >= 15 is 0 Å². The van der Waals surface area contributed by atoms with Crippen LogP contribution in [-0.4, -0.2) is 0 Å². The van der Waals surface area contributed by atoms with Gasteiger partial charge in [0, 0.05) is 0 Å². The zero-order valence-electron chi connectivity index (χ0n) is 10.9. The maximum atomic E-state index is 5.15. The van der Waals surface area contributed by atoms with Crippen LogP contribution in [0.1, 0.15) is 71.1 Å². The van der Waals surface area contributed by atoms with E-state index in [-0.39, 0.29) is 0 Å². The normalized spacial score (nSPS) is 10.6. The second kappa shape index (κ2) is 14.3. The summed E-state index contributed by atoms with van der Waals surface area (Å²) in [6, 6.07) is 0. The molecule has 0 aromatic carbocycles. The summed E-state index contributed by atoms with van der Waals surface area (Å²) in [4.78, 5) is 0. The fourth-order valence-electron chi connectivity index (χ4n) is 1.68. The number of rotatable bonds is 11. The third-order valence-electron chi connectivity index (χ3n) is 2.73. The Bertz CT molecular complexity index is 194. The van der Waals surface area contributed by atoms with E-state index in [9.17, 15) is 0 Å². The average Bonchev–Trinajstić information content (AvgIpc) is 2.31. The Labute approximate surface area is 102 Å². The van der Waals surface area contributed by atoms with Gasteiger partial charge in [-0.3, -0.25) is 0 Å². The first-order chi connectivity index (χ1) is 7.91. The van der Waals surface area contributed by atoms with Crippen molar-refractivity contribution in [2.24, 2.45) is 0 Å². The summed E-state index contributed by atoms with van der Waals surface area (Å²) in [7, 11) is 0. The van der Waals surface area contributed by atoms with E-state index < -0.39 is 0 Å². The third-order valence-corrected chi connectivity index (χ3v) is 2.73. The molecule has 0 heteroatoms. The van der Waals surface area contributed by atoms with Crippen molar-refractivity contribution in [3.8, 4) is 0 Å². The molecule has 0 saturated carbocycles. The van der Waals surface area contributed by atoms with Crippen molar-refractivity contribution >= 4 is 0 Å². The summed E-state index contributed by atoms with van der Waals surface area (Å²) < 4.78 is 0. The van der Waals surface area contributed by atoms with Gasteiger partial charge in [-0.1, -0.05) is 51.2 Å². The second-order valence-corrected chi connectivity index (χ2v) is 4.33. The number of allylic oxidation sites excluding steroid dienone is 3. The zero-order chi connectivity index (χ0) is 11.9. The van der Waals surface area contributed by atoms with Crippen LogP contribution in [0.5, 0.6) is 0 Å². The molecule has 0 aliphatic heterocycles. The smallest absolute Gasteiger partial charge is 0.0126 e.